The monoisotopic (exact) mass is 351 g/mol. The lowest BCUT2D eigenvalue weighted by atomic mass is 10.1. The summed E-state index contributed by atoms with van der Waals surface area (Å²) in [5, 5.41) is 2.87. The predicted octanol–water partition coefficient (Wildman–Crippen LogP) is 4.55. The Balaban J connectivity index is 1.90. The molecule has 0 radical (unpaired) electrons. The number of carbonyl (C=O) groups excluding carboxylic acids is 1. The number of benzene rings is 1. The van der Waals surface area contributed by atoms with E-state index in [1.165, 1.54) is 0 Å². The normalized spacial score (nSPS) is 16.4. The van der Waals surface area contributed by atoms with Gasteiger partial charge >= 0.3 is 6.18 Å². The minimum atomic E-state index is -4.63. The number of carbonyl (C=O) groups is 1. The van der Waals surface area contributed by atoms with Crippen molar-refractivity contribution >= 4 is 5.91 Å². The van der Waals surface area contributed by atoms with E-state index < -0.39 is 17.9 Å². The molecule has 1 aliphatic carbocycles. The molecule has 25 heavy (non-hydrogen) atoms. The number of alkyl halides is 3. The van der Waals surface area contributed by atoms with Gasteiger partial charge in [-0.2, -0.15) is 13.2 Å². The summed E-state index contributed by atoms with van der Waals surface area (Å²) in [5.74, 6) is -1.69. The highest BCUT2D eigenvalue weighted by molar-refractivity contribution is 5.98. The van der Waals surface area contributed by atoms with Gasteiger partial charge < -0.3 is 10.3 Å². The van der Waals surface area contributed by atoms with E-state index in [-0.39, 0.29) is 17.4 Å². The van der Waals surface area contributed by atoms with Gasteiger partial charge in [0.15, 0.2) is 0 Å². The van der Waals surface area contributed by atoms with Crippen molar-refractivity contribution in [3.63, 3.8) is 0 Å². The molecule has 1 fully saturated rings. The van der Waals surface area contributed by atoms with Crippen molar-refractivity contribution in [2.24, 2.45) is 0 Å². The number of aromatic nitrogens is 2. The molecule has 1 aliphatic rings. The molecule has 0 saturated heterocycles. The van der Waals surface area contributed by atoms with Crippen LogP contribution in [0.2, 0.25) is 0 Å². The van der Waals surface area contributed by atoms with Crippen LogP contribution in [0.25, 0.3) is 11.3 Å². The Hall–Kier alpha value is -2.31. The molecule has 0 atom stereocenters. The number of nitrogens with one attached hydrogen (secondary N) is 2. The van der Waals surface area contributed by atoms with Crippen LogP contribution in [0.15, 0.2) is 30.3 Å². The number of amides is 1. The van der Waals surface area contributed by atoms with Crippen molar-refractivity contribution in [2.75, 3.05) is 0 Å². The first-order valence-corrected chi connectivity index (χ1v) is 8.48. The molecular weight excluding hydrogens is 331 g/mol. The Morgan fingerprint density at radius 3 is 2.32 bits per heavy atom. The van der Waals surface area contributed by atoms with Crippen LogP contribution in [-0.2, 0) is 6.18 Å². The van der Waals surface area contributed by atoms with E-state index in [9.17, 15) is 18.0 Å². The van der Waals surface area contributed by atoms with Gasteiger partial charge in [-0.15, -0.1) is 0 Å². The minimum absolute atomic E-state index is 0.00346. The van der Waals surface area contributed by atoms with Crippen LogP contribution in [0.5, 0.6) is 0 Å². The summed E-state index contributed by atoms with van der Waals surface area (Å²) >= 11 is 0. The summed E-state index contributed by atoms with van der Waals surface area (Å²) in [5.41, 5.74) is 0.363. The molecule has 7 heteroatoms. The second kappa shape index (κ2) is 7.29. The van der Waals surface area contributed by atoms with Crippen molar-refractivity contribution in [2.45, 2.75) is 50.7 Å². The zero-order valence-electron chi connectivity index (χ0n) is 13.7. The van der Waals surface area contributed by atoms with E-state index in [1.54, 1.807) is 30.3 Å². The molecule has 1 saturated carbocycles. The molecule has 134 valence electrons. The largest absolute Gasteiger partial charge is 0.449 e. The highest BCUT2D eigenvalue weighted by Gasteiger charge is 2.37. The molecule has 0 spiro atoms. The molecule has 0 bridgehead atoms. The van der Waals surface area contributed by atoms with Gasteiger partial charge in [-0.05, 0) is 12.8 Å². The first kappa shape index (κ1) is 17.5. The molecule has 1 aromatic carbocycles. The number of hydrogen-bond donors (Lipinski definition) is 2. The molecule has 3 rings (SSSR count). The Bertz CT molecular complexity index is 717. The fourth-order valence-corrected chi connectivity index (χ4v) is 3.16. The summed E-state index contributed by atoms with van der Waals surface area (Å²) in [4.78, 5) is 18.4. The average molecular weight is 351 g/mol. The van der Waals surface area contributed by atoms with Gasteiger partial charge in [0.1, 0.15) is 11.4 Å². The lowest BCUT2D eigenvalue weighted by molar-refractivity contribution is -0.144. The fraction of sp³-hybridized carbons (Fsp3) is 0.444. The van der Waals surface area contributed by atoms with Crippen LogP contribution in [0.4, 0.5) is 13.2 Å². The van der Waals surface area contributed by atoms with Crippen LogP contribution >= 0.6 is 0 Å². The zero-order valence-corrected chi connectivity index (χ0v) is 13.7. The third kappa shape index (κ3) is 4.21. The van der Waals surface area contributed by atoms with Crippen molar-refractivity contribution in [3.05, 3.63) is 41.9 Å². The molecule has 1 aromatic heterocycles. The molecule has 1 heterocycles. The van der Waals surface area contributed by atoms with E-state index in [0.717, 1.165) is 38.5 Å². The number of nitrogens with zero attached hydrogens (tertiary/aromatic N) is 1. The quantitative estimate of drug-likeness (QED) is 0.797. The van der Waals surface area contributed by atoms with Crippen molar-refractivity contribution in [3.8, 4) is 11.3 Å². The van der Waals surface area contributed by atoms with Crippen molar-refractivity contribution < 1.29 is 18.0 Å². The maximum atomic E-state index is 13.0. The molecule has 4 nitrogen and oxygen atoms in total. The summed E-state index contributed by atoms with van der Waals surface area (Å²) in [6, 6.07) is 8.43. The van der Waals surface area contributed by atoms with E-state index in [4.69, 9.17) is 0 Å². The van der Waals surface area contributed by atoms with Gasteiger partial charge in [0, 0.05) is 11.6 Å². The third-order valence-electron chi connectivity index (χ3n) is 4.44. The van der Waals surface area contributed by atoms with Crippen LogP contribution < -0.4 is 5.32 Å². The Kier molecular flexibility index (Phi) is 5.11. The SMILES string of the molecule is O=C(NC1CCCCCC1)c1[nH]c(C(F)(F)F)nc1-c1ccccc1. The maximum absolute atomic E-state index is 13.0. The number of imidazole rings is 1. The number of hydrogen-bond acceptors (Lipinski definition) is 2. The van der Waals surface area contributed by atoms with Gasteiger partial charge in [-0.25, -0.2) is 4.98 Å². The molecule has 0 aliphatic heterocycles. The number of aromatic amines is 1. The highest BCUT2D eigenvalue weighted by atomic mass is 19.4. The second-order valence-electron chi connectivity index (χ2n) is 6.33. The lowest BCUT2D eigenvalue weighted by Gasteiger charge is -2.16. The minimum Gasteiger partial charge on any atom is -0.348 e. The lowest BCUT2D eigenvalue weighted by Crippen LogP contribution is -2.35. The first-order chi connectivity index (χ1) is 11.9. The predicted molar refractivity (Wildman–Crippen MR) is 88.0 cm³/mol. The van der Waals surface area contributed by atoms with E-state index in [2.05, 4.69) is 15.3 Å². The Labute approximate surface area is 143 Å². The average Bonchev–Trinajstić information content (AvgIpc) is 2.90. The summed E-state index contributed by atoms with van der Waals surface area (Å²) in [6.45, 7) is 0. The molecule has 2 N–H and O–H groups in total. The maximum Gasteiger partial charge on any atom is 0.449 e. The van der Waals surface area contributed by atoms with Gasteiger partial charge in [-0.1, -0.05) is 56.0 Å². The Morgan fingerprint density at radius 1 is 1.08 bits per heavy atom. The fourth-order valence-electron chi connectivity index (χ4n) is 3.16. The number of rotatable bonds is 3. The molecule has 2 aromatic rings. The summed E-state index contributed by atoms with van der Waals surface area (Å²) in [6.07, 6.45) is 1.37. The van der Waals surface area contributed by atoms with Crippen LogP contribution in [-0.4, -0.2) is 21.9 Å². The van der Waals surface area contributed by atoms with Crippen LogP contribution in [0.1, 0.15) is 54.8 Å². The van der Waals surface area contributed by atoms with Crippen LogP contribution in [0.3, 0.4) is 0 Å². The summed E-state index contributed by atoms with van der Waals surface area (Å²) in [7, 11) is 0. The van der Waals surface area contributed by atoms with Gasteiger partial charge in [0.2, 0.25) is 5.82 Å². The topological polar surface area (TPSA) is 57.8 Å². The van der Waals surface area contributed by atoms with E-state index in [0.29, 0.717) is 5.56 Å². The smallest absolute Gasteiger partial charge is 0.348 e. The molecular formula is C18H20F3N3O. The van der Waals surface area contributed by atoms with E-state index >= 15 is 0 Å². The Morgan fingerprint density at radius 2 is 1.72 bits per heavy atom. The summed E-state index contributed by atoms with van der Waals surface area (Å²) < 4.78 is 39.1. The van der Waals surface area contributed by atoms with Crippen LogP contribution in [0, 0.1) is 0 Å². The van der Waals surface area contributed by atoms with Gasteiger partial charge in [-0.3, -0.25) is 4.79 Å². The third-order valence-corrected chi connectivity index (χ3v) is 4.44. The standard InChI is InChI=1S/C18H20F3N3O/c19-18(20,21)17-23-14(12-8-4-3-5-9-12)15(24-17)16(25)22-13-10-6-1-2-7-11-13/h3-5,8-9,13H,1-2,6-7,10-11H2,(H,22,25)(H,23,24). The van der Waals surface area contributed by atoms with Gasteiger partial charge in [0.05, 0.1) is 0 Å². The van der Waals surface area contributed by atoms with Crippen molar-refractivity contribution in [1.82, 2.24) is 15.3 Å². The van der Waals surface area contributed by atoms with Gasteiger partial charge in [0.25, 0.3) is 5.91 Å². The molecule has 1 amide bonds. The van der Waals surface area contributed by atoms with Crippen molar-refractivity contribution in [1.29, 1.82) is 0 Å². The highest BCUT2D eigenvalue weighted by Crippen LogP contribution is 2.31. The molecule has 0 unspecified atom stereocenters. The second-order valence-corrected chi connectivity index (χ2v) is 6.33. The number of H-pyrrole nitrogens is 1. The zero-order chi connectivity index (χ0) is 17.9. The number of halogens is 3. The first-order valence-electron chi connectivity index (χ1n) is 8.48. The van der Waals surface area contributed by atoms with E-state index in [1.807, 2.05) is 0 Å².